The zero-order chi connectivity index (χ0) is 29.8. The SMILES string of the molecule is C=Nc1c(C(=O)NC(C)c2c(Br)c3cccc(C#Cc4ccncc4)c3c(=O)n2-c2ccccc2)c(N)nn1/C=C\C. The molecule has 0 spiro atoms. The van der Waals surface area contributed by atoms with Crippen molar-refractivity contribution in [2.75, 3.05) is 5.73 Å². The number of nitrogens with one attached hydrogen (secondary N) is 1. The van der Waals surface area contributed by atoms with Gasteiger partial charge in [-0.1, -0.05) is 48.2 Å². The summed E-state index contributed by atoms with van der Waals surface area (Å²) in [5.41, 5.74) is 8.45. The van der Waals surface area contributed by atoms with Crippen LogP contribution in [0.3, 0.4) is 0 Å². The molecule has 0 fully saturated rings. The lowest BCUT2D eigenvalue weighted by Gasteiger charge is -2.23. The molecule has 0 radical (unpaired) electrons. The first-order valence-corrected chi connectivity index (χ1v) is 13.8. The molecule has 0 saturated heterocycles. The zero-order valence-electron chi connectivity index (χ0n) is 22.9. The van der Waals surface area contributed by atoms with Crippen LogP contribution in [-0.4, -0.2) is 32.0 Å². The van der Waals surface area contributed by atoms with Crippen molar-refractivity contribution < 1.29 is 4.79 Å². The molecule has 3 N–H and O–H groups in total. The van der Waals surface area contributed by atoms with E-state index in [-0.39, 0.29) is 22.8 Å². The number of carbonyl (C=O) groups is 1. The van der Waals surface area contributed by atoms with Crippen LogP contribution < -0.4 is 16.6 Å². The Bertz CT molecular complexity index is 1970. The van der Waals surface area contributed by atoms with Crippen molar-refractivity contribution in [3.8, 4) is 17.5 Å². The lowest BCUT2D eigenvalue weighted by atomic mass is 10.0. The highest BCUT2D eigenvalue weighted by molar-refractivity contribution is 9.10. The van der Waals surface area contributed by atoms with Gasteiger partial charge < -0.3 is 11.1 Å². The topological polar surface area (TPSA) is 120 Å². The fourth-order valence-electron chi connectivity index (χ4n) is 4.71. The molecule has 42 heavy (non-hydrogen) atoms. The Labute approximate surface area is 250 Å². The molecule has 0 bridgehead atoms. The number of benzene rings is 2. The molecule has 2 aromatic carbocycles. The first-order valence-electron chi connectivity index (χ1n) is 13.0. The molecule has 5 rings (SSSR count). The van der Waals surface area contributed by atoms with Gasteiger partial charge in [-0.05, 0) is 66.8 Å². The number of hydrogen-bond acceptors (Lipinski definition) is 6. The van der Waals surface area contributed by atoms with Crippen LogP contribution in [0.2, 0.25) is 0 Å². The number of nitrogens with zero attached hydrogens (tertiary/aromatic N) is 5. The standard InChI is InChI=1S/C32H26BrN7O2/c1-4-19-39-30(35-3)26(29(34)38-39)31(41)37-20(2)28-27(33)24-12-8-9-22(14-13-21-15-17-36-18-16-21)25(24)32(42)40(28)23-10-6-5-7-11-23/h4-12,15-20H,3H2,1-2H3,(H2,34,38)(H,37,41)/b19-4-. The molecule has 9 nitrogen and oxygen atoms in total. The van der Waals surface area contributed by atoms with E-state index in [0.29, 0.717) is 32.2 Å². The van der Waals surface area contributed by atoms with Crippen molar-refractivity contribution in [3.63, 3.8) is 0 Å². The fourth-order valence-corrected chi connectivity index (χ4v) is 5.56. The van der Waals surface area contributed by atoms with Crippen LogP contribution in [0.4, 0.5) is 11.6 Å². The predicted octanol–water partition coefficient (Wildman–Crippen LogP) is 5.64. The van der Waals surface area contributed by atoms with Crippen LogP contribution in [0.15, 0.2) is 93.4 Å². The maximum Gasteiger partial charge on any atom is 0.264 e. The highest BCUT2D eigenvalue weighted by atomic mass is 79.9. The van der Waals surface area contributed by atoms with Crippen LogP contribution in [-0.2, 0) is 0 Å². The van der Waals surface area contributed by atoms with Gasteiger partial charge >= 0.3 is 0 Å². The molecule has 1 atom stereocenters. The summed E-state index contributed by atoms with van der Waals surface area (Å²) in [5, 5.41) is 8.29. The number of para-hydroxylation sites is 1. The number of pyridine rings is 2. The van der Waals surface area contributed by atoms with Gasteiger partial charge in [0.1, 0.15) is 5.56 Å². The Morgan fingerprint density at radius 1 is 1.12 bits per heavy atom. The van der Waals surface area contributed by atoms with Gasteiger partial charge in [0.05, 0.1) is 17.1 Å². The Balaban J connectivity index is 1.68. The van der Waals surface area contributed by atoms with Crippen LogP contribution in [0.25, 0.3) is 22.7 Å². The minimum absolute atomic E-state index is 0.00985. The summed E-state index contributed by atoms with van der Waals surface area (Å²) < 4.78 is 3.62. The smallest absolute Gasteiger partial charge is 0.264 e. The van der Waals surface area contributed by atoms with Crippen molar-refractivity contribution in [3.05, 3.63) is 116 Å². The number of fused-ring (bicyclic) bond motifs is 1. The van der Waals surface area contributed by atoms with Gasteiger partial charge in [0.15, 0.2) is 11.6 Å². The van der Waals surface area contributed by atoms with Crippen LogP contribution in [0.5, 0.6) is 0 Å². The monoisotopic (exact) mass is 619 g/mol. The van der Waals surface area contributed by atoms with E-state index >= 15 is 0 Å². The summed E-state index contributed by atoms with van der Waals surface area (Å²) in [7, 11) is 0. The number of rotatable bonds is 6. The van der Waals surface area contributed by atoms with Crippen molar-refractivity contribution in [1.82, 2.24) is 24.6 Å². The molecule has 1 unspecified atom stereocenters. The third-order valence-electron chi connectivity index (χ3n) is 6.56. The van der Waals surface area contributed by atoms with Crippen LogP contribution in [0.1, 0.15) is 47.1 Å². The van der Waals surface area contributed by atoms with Gasteiger partial charge in [0, 0.05) is 45.3 Å². The molecule has 10 heteroatoms. The molecule has 0 saturated carbocycles. The maximum atomic E-state index is 14.3. The largest absolute Gasteiger partial charge is 0.381 e. The van der Waals surface area contributed by atoms with Gasteiger partial charge in [0.25, 0.3) is 11.5 Å². The molecular weight excluding hydrogens is 594 g/mol. The van der Waals surface area contributed by atoms with Crippen molar-refractivity contribution in [2.45, 2.75) is 19.9 Å². The maximum absolute atomic E-state index is 14.3. The van der Waals surface area contributed by atoms with Crippen molar-refractivity contribution in [1.29, 1.82) is 0 Å². The number of aromatic nitrogens is 4. The van der Waals surface area contributed by atoms with E-state index < -0.39 is 11.9 Å². The number of nitrogen functional groups attached to an aromatic ring is 1. The number of carbonyl (C=O) groups excluding carboxylic acids is 1. The molecule has 5 aromatic rings. The first kappa shape index (κ1) is 28.3. The van der Waals surface area contributed by atoms with Gasteiger partial charge in [-0.25, -0.2) is 9.67 Å². The highest BCUT2D eigenvalue weighted by Gasteiger charge is 2.27. The Morgan fingerprint density at radius 3 is 2.55 bits per heavy atom. The van der Waals surface area contributed by atoms with E-state index in [0.717, 1.165) is 5.56 Å². The normalized spacial score (nSPS) is 11.7. The predicted molar refractivity (Wildman–Crippen MR) is 170 cm³/mol. The van der Waals surface area contributed by atoms with Gasteiger partial charge in [-0.15, -0.1) is 5.10 Å². The molecule has 3 aromatic heterocycles. The Morgan fingerprint density at radius 2 is 1.86 bits per heavy atom. The summed E-state index contributed by atoms with van der Waals surface area (Å²) in [4.78, 5) is 35.9. The van der Waals surface area contributed by atoms with Crippen LogP contribution >= 0.6 is 15.9 Å². The van der Waals surface area contributed by atoms with E-state index in [1.807, 2.05) is 55.5 Å². The molecule has 208 valence electrons. The molecule has 1 amide bonds. The van der Waals surface area contributed by atoms with Crippen LogP contribution in [0, 0.1) is 11.8 Å². The number of aliphatic imine (C=N–C) groups is 1. The van der Waals surface area contributed by atoms with E-state index in [1.165, 1.54) is 4.68 Å². The number of halogens is 1. The van der Waals surface area contributed by atoms with Gasteiger partial charge in [-0.2, -0.15) is 0 Å². The number of amides is 1. The molecule has 0 aliphatic carbocycles. The van der Waals surface area contributed by atoms with Gasteiger partial charge in [-0.3, -0.25) is 19.1 Å². The average molecular weight is 621 g/mol. The summed E-state index contributed by atoms with van der Waals surface area (Å²) >= 11 is 3.76. The number of allylic oxidation sites excluding steroid dienone is 1. The average Bonchev–Trinajstić information content (AvgIpc) is 3.33. The Kier molecular flexibility index (Phi) is 8.13. The minimum atomic E-state index is -0.655. The van der Waals surface area contributed by atoms with Gasteiger partial charge in [0.2, 0.25) is 0 Å². The molecule has 0 aliphatic heterocycles. The highest BCUT2D eigenvalue weighted by Crippen LogP contribution is 2.33. The Hall–Kier alpha value is -5.27. The van der Waals surface area contributed by atoms with E-state index in [9.17, 15) is 9.59 Å². The summed E-state index contributed by atoms with van der Waals surface area (Å²) in [6.07, 6.45) is 6.71. The first-order chi connectivity index (χ1) is 20.3. The quantitative estimate of drug-likeness (QED) is 0.188. The van der Waals surface area contributed by atoms with E-state index in [1.54, 1.807) is 48.3 Å². The molecule has 0 aliphatic rings. The minimum Gasteiger partial charge on any atom is -0.381 e. The summed E-state index contributed by atoms with van der Waals surface area (Å²) in [5.74, 6) is 5.99. The molecule has 3 heterocycles. The molecular formula is C32H26BrN7O2. The second-order valence-corrected chi connectivity index (χ2v) is 10.0. The summed E-state index contributed by atoms with van der Waals surface area (Å²) in [6, 6.07) is 17.7. The zero-order valence-corrected chi connectivity index (χ0v) is 24.5. The number of hydrogen-bond donors (Lipinski definition) is 2. The third-order valence-corrected chi connectivity index (χ3v) is 7.39. The van der Waals surface area contributed by atoms with E-state index in [2.05, 4.69) is 54.9 Å². The summed E-state index contributed by atoms with van der Waals surface area (Å²) in [6.45, 7) is 7.18. The number of anilines is 1. The lowest BCUT2D eigenvalue weighted by Crippen LogP contribution is -2.33. The second-order valence-electron chi connectivity index (χ2n) is 9.25. The second kappa shape index (κ2) is 12.1. The lowest BCUT2D eigenvalue weighted by molar-refractivity contribution is 0.0940. The fraction of sp³-hybridized carbons (Fsp3) is 0.0938. The third kappa shape index (κ3) is 5.25. The van der Waals surface area contributed by atoms with Crippen molar-refractivity contribution in [2.24, 2.45) is 4.99 Å². The van der Waals surface area contributed by atoms with E-state index in [4.69, 9.17) is 5.73 Å². The number of nitrogens with two attached hydrogens (primary N) is 1. The van der Waals surface area contributed by atoms with Crippen molar-refractivity contribution >= 4 is 57.2 Å².